The standard InChI is InChI=1S/C11H6F15NO/c12-5(13,4-27-2-1-3-28-4)6(14,15)7(16,17)8(18,19)9(20,21)10(22,23)11(24,25)26/h1-3H2. The maximum atomic E-state index is 13.6. The first-order chi connectivity index (χ1) is 12.1. The van der Waals surface area contributed by atoms with Gasteiger partial charge in [-0.15, -0.1) is 0 Å². The first kappa shape index (κ1) is 24.5. The van der Waals surface area contributed by atoms with Gasteiger partial charge < -0.3 is 4.74 Å². The van der Waals surface area contributed by atoms with Crippen LogP contribution in [0.25, 0.3) is 0 Å². The molecule has 1 aliphatic heterocycles. The molecular weight excluding hydrogens is 447 g/mol. The Balaban J connectivity index is 3.55. The van der Waals surface area contributed by atoms with Crippen molar-refractivity contribution in [1.82, 2.24) is 0 Å². The van der Waals surface area contributed by atoms with Crippen molar-refractivity contribution in [3.63, 3.8) is 0 Å². The number of alkyl halides is 15. The van der Waals surface area contributed by atoms with E-state index in [2.05, 4.69) is 9.73 Å². The summed E-state index contributed by atoms with van der Waals surface area (Å²) < 4.78 is 198. The van der Waals surface area contributed by atoms with Crippen molar-refractivity contribution in [2.24, 2.45) is 4.99 Å². The minimum atomic E-state index is -8.30. The van der Waals surface area contributed by atoms with Crippen LogP contribution in [-0.4, -0.2) is 60.8 Å². The van der Waals surface area contributed by atoms with E-state index < -0.39 is 60.8 Å². The maximum Gasteiger partial charge on any atom is 0.460 e. The average Bonchev–Trinajstić information content (AvgIpc) is 2.53. The third-order valence-corrected chi connectivity index (χ3v) is 3.39. The Labute approximate surface area is 144 Å². The Bertz CT molecular complexity index is 620. The number of halogens is 15. The molecule has 0 spiro atoms. The molecule has 0 unspecified atom stereocenters. The largest absolute Gasteiger partial charge is 0.476 e. The number of aliphatic imine (C=N–C) groups is 1. The van der Waals surface area contributed by atoms with Gasteiger partial charge in [0.15, 0.2) is 0 Å². The van der Waals surface area contributed by atoms with Crippen molar-refractivity contribution in [3.8, 4) is 0 Å². The molecule has 0 aromatic heterocycles. The zero-order valence-corrected chi connectivity index (χ0v) is 12.6. The zero-order valence-electron chi connectivity index (χ0n) is 12.6. The van der Waals surface area contributed by atoms with E-state index in [0.29, 0.717) is 0 Å². The SMILES string of the molecule is FC(F)(F)C(F)(F)C(F)(F)C(F)(F)C(F)(F)C(F)(F)C(F)(F)C1=NCCCO1. The first-order valence-electron chi connectivity index (χ1n) is 6.62. The van der Waals surface area contributed by atoms with Gasteiger partial charge >= 0.3 is 41.7 Å². The molecule has 0 aliphatic carbocycles. The van der Waals surface area contributed by atoms with Gasteiger partial charge in [-0.3, -0.25) is 0 Å². The summed E-state index contributed by atoms with van der Waals surface area (Å²) in [5.74, 6) is -49.5. The predicted molar refractivity (Wildman–Crippen MR) is 58.6 cm³/mol. The summed E-state index contributed by atoms with van der Waals surface area (Å²) in [6.45, 7) is -1.64. The number of hydrogen-bond donors (Lipinski definition) is 0. The van der Waals surface area contributed by atoms with Gasteiger partial charge in [0.25, 0.3) is 5.90 Å². The number of ether oxygens (including phenoxy) is 1. The van der Waals surface area contributed by atoms with E-state index in [-0.39, 0.29) is 6.42 Å². The Morgan fingerprint density at radius 1 is 0.571 bits per heavy atom. The van der Waals surface area contributed by atoms with Crippen LogP contribution in [-0.2, 0) is 4.74 Å². The molecule has 0 bridgehead atoms. The van der Waals surface area contributed by atoms with Gasteiger partial charge in [0, 0.05) is 13.0 Å². The Kier molecular flexibility index (Phi) is 5.65. The highest BCUT2D eigenvalue weighted by molar-refractivity contribution is 5.85. The van der Waals surface area contributed by atoms with Crippen molar-refractivity contribution in [1.29, 1.82) is 0 Å². The fourth-order valence-corrected chi connectivity index (χ4v) is 1.75. The molecule has 0 aromatic carbocycles. The van der Waals surface area contributed by atoms with Gasteiger partial charge in [-0.2, -0.15) is 65.9 Å². The van der Waals surface area contributed by atoms with Crippen molar-refractivity contribution in [3.05, 3.63) is 0 Å². The monoisotopic (exact) mass is 453 g/mol. The smallest absolute Gasteiger partial charge is 0.460 e. The summed E-state index contributed by atoms with van der Waals surface area (Å²) in [7, 11) is 0. The fraction of sp³-hybridized carbons (Fsp3) is 0.909. The van der Waals surface area contributed by atoms with Gasteiger partial charge in [-0.05, 0) is 0 Å². The molecule has 0 amide bonds. The Morgan fingerprint density at radius 2 is 0.964 bits per heavy atom. The van der Waals surface area contributed by atoms with E-state index in [1.165, 1.54) is 0 Å². The lowest BCUT2D eigenvalue weighted by atomic mass is 9.91. The Morgan fingerprint density at radius 3 is 1.32 bits per heavy atom. The maximum absolute atomic E-state index is 13.6. The van der Waals surface area contributed by atoms with Crippen molar-refractivity contribution in [2.75, 3.05) is 13.2 Å². The second-order valence-corrected chi connectivity index (χ2v) is 5.33. The van der Waals surface area contributed by atoms with Crippen LogP contribution < -0.4 is 0 Å². The first-order valence-corrected chi connectivity index (χ1v) is 6.62. The number of hydrogen-bond acceptors (Lipinski definition) is 2. The van der Waals surface area contributed by atoms with Crippen LogP contribution in [0.1, 0.15) is 6.42 Å². The molecular formula is C11H6F15NO. The third-order valence-electron chi connectivity index (χ3n) is 3.39. The third kappa shape index (κ3) is 3.04. The number of rotatable bonds is 6. The minimum absolute atomic E-state index is 0.229. The molecule has 2 nitrogen and oxygen atoms in total. The lowest BCUT2D eigenvalue weighted by Gasteiger charge is -2.41. The van der Waals surface area contributed by atoms with Crippen molar-refractivity contribution < 1.29 is 70.6 Å². The molecule has 0 N–H and O–H groups in total. The van der Waals surface area contributed by atoms with Crippen LogP contribution in [0, 0.1) is 0 Å². The van der Waals surface area contributed by atoms with Crippen LogP contribution in [0.2, 0.25) is 0 Å². The fourth-order valence-electron chi connectivity index (χ4n) is 1.75. The van der Waals surface area contributed by atoms with Crippen LogP contribution in [0.5, 0.6) is 0 Å². The summed E-state index contributed by atoms with van der Waals surface area (Å²) in [6.07, 6.45) is -7.85. The lowest BCUT2D eigenvalue weighted by molar-refractivity contribution is -0.449. The summed E-state index contributed by atoms with van der Waals surface area (Å²) in [4.78, 5) is 2.48. The molecule has 28 heavy (non-hydrogen) atoms. The summed E-state index contributed by atoms with van der Waals surface area (Å²) in [5.41, 5.74) is 0. The molecule has 0 radical (unpaired) electrons. The Hall–Kier alpha value is -1.58. The zero-order chi connectivity index (χ0) is 22.6. The second kappa shape index (κ2) is 6.47. The quantitative estimate of drug-likeness (QED) is 0.509. The highest BCUT2D eigenvalue weighted by Crippen LogP contribution is 2.62. The molecule has 166 valence electrons. The molecule has 1 rings (SSSR count). The average molecular weight is 453 g/mol. The van der Waals surface area contributed by atoms with E-state index in [1.54, 1.807) is 0 Å². The van der Waals surface area contributed by atoms with Gasteiger partial charge in [0.2, 0.25) is 0 Å². The normalized spacial score (nSPS) is 18.6. The van der Waals surface area contributed by atoms with E-state index in [0.717, 1.165) is 0 Å². The van der Waals surface area contributed by atoms with E-state index >= 15 is 0 Å². The molecule has 0 fully saturated rings. The van der Waals surface area contributed by atoms with Crippen LogP contribution in [0.3, 0.4) is 0 Å². The van der Waals surface area contributed by atoms with E-state index in [4.69, 9.17) is 0 Å². The van der Waals surface area contributed by atoms with Crippen LogP contribution >= 0.6 is 0 Å². The second-order valence-electron chi connectivity index (χ2n) is 5.33. The lowest BCUT2D eigenvalue weighted by Crippen LogP contribution is -2.73. The topological polar surface area (TPSA) is 21.6 Å². The summed E-state index contributed by atoms with van der Waals surface area (Å²) >= 11 is 0. The molecule has 1 aliphatic rings. The highest BCUT2D eigenvalue weighted by Gasteiger charge is 2.94. The number of nitrogens with zero attached hydrogens (tertiary/aromatic N) is 1. The van der Waals surface area contributed by atoms with Crippen LogP contribution in [0.15, 0.2) is 4.99 Å². The van der Waals surface area contributed by atoms with Crippen molar-refractivity contribution >= 4 is 5.90 Å². The van der Waals surface area contributed by atoms with Gasteiger partial charge in [-0.25, -0.2) is 4.99 Å². The molecule has 0 saturated carbocycles. The highest BCUT2D eigenvalue weighted by atomic mass is 19.4. The molecule has 0 aromatic rings. The van der Waals surface area contributed by atoms with Crippen LogP contribution in [0.4, 0.5) is 65.9 Å². The summed E-state index contributed by atoms with van der Waals surface area (Å²) in [5, 5.41) is 0. The summed E-state index contributed by atoms with van der Waals surface area (Å²) in [6, 6.07) is 0. The van der Waals surface area contributed by atoms with Gasteiger partial charge in [0.1, 0.15) is 0 Å². The molecule has 17 heteroatoms. The van der Waals surface area contributed by atoms with Crippen molar-refractivity contribution in [2.45, 2.75) is 48.1 Å². The molecule has 0 saturated heterocycles. The predicted octanol–water partition coefficient (Wildman–Crippen LogP) is 5.18. The van der Waals surface area contributed by atoms with E-state index in [1.807, 2.05) is 0 Å². The molecule has 1 heterocycles. The minimum Gasteiger partial charge on any atom is -0.476 e. The van der Waals surface area contributed by atoms with Gasteiger partial charge in [-0.1, -0.05) is 0 Å². The van der Waals surface area contributed by atoms with Gasteiger partial charge in [0.05, 0.1) is 6.61 Å². The van der Waals surface area contributed by atoms with E-state index in [9.17, 15) is 65.9 Å². The molecule has 0 atom stereocenters.